The second kappa shape index (κ2) is 5.17. The van der Waals surface area contributed by atoms with Crippen LogP contribution in [0.5, 0.6) is 0 Å². The molecule has 0 radical (unpaired) electrons. The molecule has 0 amide bonds. The van der Waals surface area contributed by atoms with Crippen molar-refractivity contribution in [2.45, 2.75) is 13.8 Å². The van der Waals surface area contributed by atoms with E-state index in [1.165, 1.54) is 0 Å². The van der Waals surface area contributed by atoms with Crippen LogP contribution >= 0.6 is 7.14 Å². The first kappa shape index (κ1) is 11.3. The standard InChI is InChI=1S/C12H17OP/c1-3-14(13,4-2)11-10-12-8-6-5-7-9-12/h5-11H,3-4H2,1-2H3/b11-10+. The molecule has 0 aromatic heterocycles. The number of hydrogen-bond donors (Lipinski definition) is 0. The Morgan fingerprint density at radius 1 is 1.14 bits per heavy atom. The second-order valence-electron chi connectivity index (χ2n) is 3.31. The summed E-state index contributed by atoms with van der Waals surface area (Å²) in [6.45, 7) is 3.97. The predicted octanol–water partition coefficient (Wildman–Crippen LogP) is 4.06. The van der Waals surface area contributed by atoms with Gasteiger partial charge < -0.3 is 4.57 Å². The van der Waals surface area contributed by atoms with Gasteiger partial charge >= 0.3 is 0 Å². The van der Waals surface area contributed by atoms with Crippen molar-refractivity contribution in [2.24, 2.45) is 0 Å². The molecule has 76 valence electrons. The minimum atomic E-state index is -2.03. The van der Waals surface area contributed by atoms with Gasteiger partial charge in [0.25, 0.3) is 0 Å². The third-order valence-electron chi connectivity index (χ3n) is 2.41. The van der Waals surface area contributed by atoms with Crippen molar-refractivity contribution in [1.29, 1.82) is 0 Å². The first-order chi connectivity index (χ1) is 6.70. The summed E-state index contributed by atoms with van der Waals surface area (Å²) in [4.78, 5) is 0. The fraction of sp³-hybridized carbons (Fsp3) is 0.333. The molecule has 14 heavy (non-hydrogen) atoms. The molecule has 0 N–H and O–H groups in total. The molecule has 0 bridgehead atoms. The summed E-state index contributed by atoms with van der Waals surface area (Å²) in [7, 11) is -2.03. The summed E-state index contributed by atoms with van der Waals surface area (Å²) in [6.07, 6.45) is 3.48. The predicted molar refractivity (Wildman–Crippen MR) is 64.2 cm³/mol. The Morgan fingerprint density at radius 3 is 2.21 bits per heavy atom. The van der Waals surface area contributed by atoms with Gasteiger partial charge in [-0.25, -0.2) is 0 Å². The lowest BCUT2D eigenvalue weighted by Gasteiger charge is -2.07. The fourth-order valence-corrected chi connectivity index (χ4v) is 2.53. The lowest BCUT2D eigenvalue weighted by molar-refractivity contribution is 0.582. The van der Waals surface area contributed by atoms with Crippen LogP contribution in [-0.4, -0.2) is 12.3 Å². The summed E-state index contributed by atoms with van der Waals surface area (Å²) in [6, 6.07) is 10.00. The summed E-state index contributed by atoms with van der Waals surface area (Å²) in [5.74, 6) is 1.89. The lowest BCUT2D eigenvalue weighted by atomic mass is 10.2. The normalized spacial score (nSPS) is 12.1. The average molecular weight is 208 g/mol. The second-order valence-corrected chi connectivity index (χ2v) is 6.78. The van der Waals surface area contributed by atoms with Crippen LogP contribution in [0, 0.1) is 0 Å². The highest BCUT2D eigenvalue weighted by Gasteiger charge is 2.11. The van der Waals surface area contributed by atoms with E-state index in [2.05, 4.69) is 0 Å². The quantitative estimate of drug-likeness (QED) is 0.682. The third kappa shape index (κ3) is 3.16. The van der Waals surface area contributed by atoms with Crippen molar-refractivity contribution < 1.29 is 4.57 Å². The Hall–Kier alpha value is -0.810. The maximum absolute atomic E-state index is 12.0. The summed E-state index contributed by atoms with van der Waals surface area (Å²) < 4.78 is 12.0. The van der Waals surface area contributed by atoms with Crippen molar-refractivity contribution in [3.05, 3.63) is 41.7 Å². The first-order valence-corrected chi connectivity index (χ1v) is 7.17. The van der Waals surface area contributed by atoms with Gasteiger partial charge in [-0.1, -0.05) is 50.3 Å². The van der Waals surface area contributed by atoms with E-state index < -0.39 is 7.14 Å². The van der Waals surface area contributed by atoms with E-state index in [1.807, 2.05) is 56.1 Å². The Kier molecular flexibility index (Phi) is 4.16. The SMILES string of the molecule is CCP(=O)(/C=C/c1ccccc1)CC. The highest BCUT2D eigenvalue weighted by molar-refractivity contribution is 7.67. The van der Waals surface area contributed by atoms with Crippen LogP contribution in [0.1, 0.15) is 19.4 Å². The zero-order chi connectivity index (χ0) is 10.4. The van der Waals surface area contributed by atoms with E-state index >= 15 is 0 Å². The van der Waals surface area contributed by atoms with Crippen LogP contribution in [0.2, 0.25) is 0 Å². The molecule has 1 aromatic rings. The lowest BCUT2D eigenvalue weighted by Crippen LogP contribution is -1.84. The van der Waals surface area contributed by atoms with Crippen LogP contribution in [0.25, 0.3) is 6.08 Å². The highest BCUT2D eigenvalue weighted by atomic mass is 31.2. The molecule has 0 unspecified atom stereocenters. The molecular formula is C12H17OP. The minimum Gasteiger partial charge on any atom is -0.319 e. The molecule has 1 rings (SSSR count). The maximum Gasteiger partial charge on any atom is 0.108 e. The topological polar surface area (TPSA) is 17.1 Å². The molecule has 0 aliphatic rings. The number of rotatable bonds is 4. The van der Waals surface area contributed by atoms with Crippen molar-refractivity contribution in [3.63, 3.8) is 0 Å². The zero-order valence-corrected chi connectivity index (χ0v) is 9.71. The monoisotopic (exact) mass is 208 g/mol. The van der Waals surface area contributed by atoms with Gasteiger partial charge in [-0.05, 0) is 11.4 Å². The molecule has 0 saturated carbocycles. The molecule has 1 aromatic carbocycles. The average Bonchev–Trinajstić information content (AvgIpc) is 2.27. The van der Waals surface area contributed by atoms with E-state index in [0.29, 0.717) is 0 Å². The first-order valence-electron chi connectivity index (χ1n) is 5.02. The highest BCUT2D eigenvalue weighted by Crippen LogP contribution is 2.46. The van der Waals surface area contributed by atoms with Gasteiger partial charge in [-0.3, -0.25) is 0 Å². The van der Waals surface area contributed by atoms with E-state index in [9.17, 15) is 4.57 Å². The van der Waals surface area contributed by atoms with Crippen LogP contribution in [0.15, 0.2) is 36.1 Å². The molecule has 0 aliphatic carbocycles. The smallest absolute Gasteiger partial charge is 0.108 e. The van der Waals surface area contributed by atoms with E-state index in [-0.39, 0.29) is 0 Å². The van der Waals surface area contributed by atoms with Gasteiger partial charge in [-0.15, -0.1) is 0 Å². The van der Waals surface area contributed by atoms with E-state index in [1.54, 1.807) is 0 Å². The molecule has 0 atom stereocenters. The van der Waals surface area contributed by atoms with Crippen LogP contribution < -0.4 is 0 Å². The zero-order valence-electron chi connectivity index (χ0n) is 8.81. The number of hydrogen-bond acceptors (Lipinski definition) is 1. The van der Waals surface area contributed by atoms with Crippen molar-refractivity contribution in [3.8, 4) is 0 Å². The van der Waals surface area contributed by atoms with Gasteiger partial charge in [0.2, 0.25) is 0 Å². The Bertz CT molecular complexity index is 333. The Balaban J connectivity index is 2.78. The molecule has 1 nitrogen and oxygen atoms in total. The molecule has 0 saturated heterocycles. The van der Waals surface area contributed by atoms with Gasteiger partial charge in [0.1, 0.15) is 7.14 Å². The molecule has 0 spiro atoms. The van der Waals surface area contributed by atoms with E-state index in [4.69, 9.17) is 0 Å². The molecule has 0 fully saturated rings. The van der Waals surface area contributed by atoms with E-state index in [0.717, 1.165) is 17.9 Å². The molecule has 0 aliphatic heterocycles. The van der Waals surface area contributed by atoms with Gasteiger partial charge in [0, 0.05) is 12.3 Å². The summed E-state index contributed by atoms with van der Waals surface area (Å²) in [5, 5.41) is 0. The number of benzene rings is 1. The summed E-state index contributed by atoms with van der Waals surface area (Å²) in [5.41, 5.74) is 1.12. The molecule has 2 heteroatoms. The van der Waals surface area contributed by atoms with Crippen LogP contribution in [0.3, 0.4) is 0 Å². The summed E-state index contributed by atoms with van der Waals surface area (Å²) >= 11 is 0. The maximum atomic E-state index is 12.0. The molecule has 0 heterocycles. The van der Waals surface area contributed by atoms with Crippen molar-refractivity contribution in [1.82, 2.24) is 0 Å². The van der Waals surface area contributed by atoms with Gasteiger partial charge in [0.05, 0.1) is 0 Å². The Labute approximate surface area is 86.2 Å². The van der Waals surface area contributed by atoms with Crippen LogP contribution in [0.4, 0.5) is 0 Å². The minimum absolute atomic E-state index is 0.757. The van der Waals surface area contributed by atoms with Gasteiger partial charge in [-0.2, -0.15) is 0 Å². The largest absolute Gasteiger partial charge is 0.319 e. The van der Waals surface area contributed by atoms with Crippen molar-refractivity contribution in [2.75, 3.05) is 12.3 Å². The Morgan fingerprint density at radius 2 is 1.71 bits per heavy atom. The molecular weight excluding hydrogens is 191 g/mol. The van der Waals surface area contributed by atoms with Crippen LogP contribution in [-0.2, 0) is 4.57 Å². The fourth-order valence-electron chi connectivity index (χ4n) is 1.22. The van der Waals surface area contributed by atoms with Gasteiger partial charge in [0.15, 0.2) is 0 Å². The third-order valence-corrected chi connectivity index (χ3v) is 5.24. The van der Waals surface area contributed by atoms with Crippen molar-refractivity contribution >= 4 is 13.2 Å².